The Hall–Kier alpha value is -0.380. The van der Waals surface area contributed by atoms with Crippen LogP contribution < -0.4 is 10.6 Å². The molecule has 29 heavy (non-hydrogen) atoms. The number of aliphatic hydroxyl groups is 1. The van der Waals surface area contributed by atoms with Gasteiger partial charge in [-0.3, -0.25) is 9.89 Å². The van der Waals surface area contributed by atoms with Gasteiger partial charge in [0.25, 0.3) is 0 Å². The van der Waals surface area contributed by atoms with Crippen molar-refractivity contribution in [3.8, 4) is 0 Å². The molecule has 3 N–H and O–H groups in total. The van der Waals surface area contributed by atoms with Crippen molar-refractivity contribution in [3.05, 3.63) is 22.4 Å². The van der Waals surface area contributed by atoms with E-state index in [-0.39, 0.29) is 30.6 Å². The lowest BCUT2D eigenvalue weighted by Crippen LogP contribution is -2.43. The molecule has 1 saturated heterocycles. The average Bonchev–Trinajstić information content (AvgIpc) is 3.18. The maximum Gasteiger partial charge on any atom is 0.191 e. The van der Waals surface area contributed by atoms with Crippen LogP contribution in [0.1, 0.15) is 51.3 Å². The zero-order chi connectivity index (χ0) is 20.2. The first-order valence-electron chi connectivity index (χ1n) is 11.0. The van der Waals surface area contributed by atoms with E-state index in [2.05, 4.69) is 53.8 Å². The molecule has 0 radical (unpaired) electrons. The van der Waals surface area contributed by atoms with E-state index in [9.17, 15) is 5.11 Å². The first-order chi connectivity index (χ1) is 13.6. The summed E-state index contributed by atoms with van der Waals surface area (Å²) in [4.78, 5) is 8.85. The van der Waals surface area contributed by atoms with Crippen LogP contribution in [0.3, 0.4) is 0 Å². The number of aliphatic imine (C=N–C) groups is 1. The van der Waals surface area contributed by atoms with Gasteiger partial charge in [0, 0.05) is 37.7 Å². The smallest absolute Gasteiger partial charge is 0.191 e. The van der Waals surface area contributed by atoms with Gasteiger partial charge in [0.15, 0.2) is 5.96 Å². The van der Waals surface area contributed by atoms with Gasteiger partial charge >= 0.3 is 0 Å². The van der Waals surface area contributed by atoms with Crippen LogP contribution in [-0.2, 0) is 6.54 Å². The van der Waals surface area contributed by atoms with Crippen molar-refractivity contribution in [1.82, 2.24) is 15.5 Å². The molecule has 1 aromatic rings. The zero-order valence-corrected chi connectivity index (χ0v) is 21.5. The third-order valence-corrected chi connectivity index (χ3v) is 6.28. The molecule has 2 rings (SSSR count). The predicted octanol–water partition coefficient (Wildman–Crippen LogP) is 4.18. The lowest BCUT2D eigenvalue weighted by molar-refractivity contribution is 0.179. The van der Waals surface area contributed by atoms with Gasteiger partial charge in [-0.1, -0.05) is 19.9 Å². The highest BCUT2D eigenvalue weighted by atomic mass is 127. The maximum absolute atomic E-state index is 9.31. The Balaban J connectivity index is 0.00000420. The first kappa shape index (κ1) is 26.7. The first-order valence-corrected chi connectivity index (χ1v) is 11.9. The van der Waals surface area contributed by atoms with Gasteiger partial charge < -0.3 is 15.7 Å². The zero-order valence-electron chi connectivity index (χ0n) is 18.4. The molecule has 5 nitrogen and oxygen atoms in total. The van der Waals surface area contributed by atoms with Gasteiger partial charge in [0.05, 0.1) is 0 Å². The number of halogens is 1. The Morgan fingerprint density at radius 3 is 2.66 bits per heavy atom. The lowest BCUT2D eigenvalue weighted by atomic mass is 9.94. The summed E-state index contributed by atoms with van der Waals surface area (Å²) in [5, 5.41) is 18.4. The fourth-order valence-corrected chi connectivity index (χ4v) is 4.65. The molecule has 1 aliphatic rings. The molecule has 1 atom stereocenters. The Morgan fingerprint density at radius 1 is 1.31 bits per heavy atom. The lowest BCUT2D eigenvalue weighted by Gasteiger charge is -2.32. The maximum atomic E-state index is 9.31. The number of hydrogen-bond donors (Lipinski definition) is 3. The minimum atomic E-state index is 0. The number of piperidine rings is 1. The molecule has 168 valence electrons. The summed E-state index contributed by atoms with van der Waals surface area (Å²) in [6.45, 7) is 13.0. The monoisotopic (exact) mass is 536 g/mol. The minimum absolute atomic E-state index is 0. The third-order valence-electron chi connectivity index (χ3n) is 5.42. The molecule has 0 bridgehead atoms. The van der Waals surface area contributed by atoms with Crippen molar-refractivity contribution >= 4 is 41.3 Å². The number of rotatable bonds is 11. The van der Waals surface area contributed by atoms with Crippen LogP contribution in [0.25, 0.3) is 0 Å². The topological polar surface area (TPSA) is 59.9 Å². The molecule has 0 aliphatic carbocycles. The minimum Gasteiger partial charge on any atom is -0.396 e. The highest BCUT2D eigenvalue weighted by molar-refractivity contribution is 14.0. The second kappa shape index (κ2) is 15.4. The van der Waals surface area contributed by atoms with E-state index >= 15 is 0 Å². The fraction of sp³-hybridized carbons (Fsp3) is 0.773. The van der Waals surface area contributed by atoms with Crippen LogP contribution in [0.15, 0.2) is 22.5 Å². The van der Waals surface area contributed by atoms with Crippen molar-refractivity contribution in [3.63, 3.8) is 0 Å². The number of guanidine groups is 1. The van der Waals surface area contributed by atoms with E-state index in [0.717, 1.165) is 45.0 Å². The molecule has 0 aromatic carbocycles. The molecule has 2 heterocycles. The molecular weight excluding hydrogens is 495 g/mol. The van der Waals surface area contributed by atoms with Crippen LogP contribution in [0, 0.1) is 17.8 Å². The summed E-state index contributed by atoms with van der Waals surface area (Å²) in [6.07, 6.45) is 4.45. The molecule has 0 spiro atoms. The van der Waals surface area contributed by atoms with E-state index < -0.39 is 0 Å². The van der Waals surface area contributed by atoms with Crippen molar-refractivity contribution in [2.45, 2.75) is 53.0 Å². The van der Waals surface area contributed by atoms with Crippen molar-refractivity contribution < 1.29 is 5.11 Å². The van der Waals surface area contributed by atoms with E-state index in [0.29, 0.717) is 17.8 Å². The normalized spacial score (nSPS) is 17.2. The average molecular weight is 537 g/mol. The quantitative estimate of drug-likeness (QED) is 0.226. The van der Waals surface area contributed by atoms with Crippen molar-refractivity contribution in [1.29, 1.82) is 0 Å². The summed E-state index contributed by atoms with van der Waals surface area (Å²) in [5.41, 5.74) is 0. The number of hydrogen-bond acceptors (Lipinski definition) is 4. The van der Waals surface area contributed by atoms with E-state index in [4.69, 9.17) is 4.99 Å². The van der Waals surface area contributed by atoms with Crippen LogP contribution in [-0.4, -0.2) is 55.3 Å². The number of nitrogens with zero attached hydrogens (tertiary/aromatic N) is 2. The standard InChI is InChI=1S/C22H40N4OS.HI/c1-4-23-22(25-16-20(9-12-27)14-18(2)3)24-15-19-7-10-26(11-8-19)17-21-6-5-13-28-21;/h5-6,13,18-20,27H,4,7-12,14-17H2,1-3H3,(H2,23,24,25);1H. The SMILES string of the molecule is CCNC(=NCC(CCO)CC(C)C)NCC1CCN(Cc2cccs2)CC1.I. The summed E-state index contributed by atoms with van der Waals surface area (Å²) < 4.78 is 0. The number of likely N-dealkylation sites (tertiary alicyclic amines) is 1. The Bertz CT molecular complexity index is 545. The molecule has 0 saturated carbocycles. The van der Waals surface area contributed by atoms with Crippen LogP contribution in [0.5, 0.6) is 0 Å². The number of nitrogens with one attached hydrogen (secondary N) is 2. The molecule has 1 fully saturated rings. The second-order valence-corrected chi connectivity index (χ2v) is 9.44. The van der Waals surface area contributed by atoms with Crippen molar-refractivity contribution in [2.24, 2.45) is 22.7 Å². The molecule has 7 heteroatoms. The molecule has 0 amide bonds. The predicted molar refractivity (Wildman–Crippen MR) is 136 cm³/mol. The Kier molecular flexibility index (Phi) is 14.2. The van der Waals surface area contributed by atoms with E-state index in [1.807, 2.05) is 11.3 Å². The Morgan fingerprint density at radius 2 is 2.07 bits per heavy atom. The van der Waals surface area contributed by atoms with Gasteiger partial charge in [-0.2, -0.15) is 0 Å². The molecule has 1 aliphatic heterocycles. The summed E-state index contributed by atoms with van der Waals surface area (Å²) in [6, 6.07) is 4.38. The highest BCUT2D eigenvalue weighted by Gasteiger charge is 2.20. The van der Waals surface area contributed by atoms with Gasteiger partial charge in [0.1, 0.15) is 0 Å². The third kappa shape index (κ3) is 11.0. The molecule has 1 aromatic heterocycles. The van der Waals surface area contributed by atoms with Crippen LogP contribution in [0.2, 0.25) is 0 Å². The second-order valence-electron chi connectivity index (χ2n) is 8.41. The summed E-state index contributed by atoms with van der Waals surface area (Å²) >= 11 is 1.86. The van der Waals surface area contributed by atoms with E-state index in [1.165, 1.54) is 30.8 Å². The number of aliphatic hydroxyl groups excluding tert-OH is 1. The van der Waals surface area contributed by atoms with Crippen LogP contribution in [0.4, 0.5) is 0 Å². The highest BCUT2D eigenvalue weighted by Crippen LogP contribution is 2.20. The largest absolute Gasteiger partial charge is 0.396 e. The Labute approximate surface area is 198 Å². The van der Waals surface area contributed by atoms with Gasteiger partial charge in [0.2, 0.25) is 0 Å². The van der Waals surface area contributed by atoms with Crippen molar-refractivity contribution in [2.75, 3.05) is 39.3 Å². The summed E-state index contributed by atoms with van der Waals surface area (Å²) in [5.74, 6) is 2.74. The van der Waals surface area contributed by atoms with Gasteiger partial charge in [-0.25, -0.2) is 0 Å². The number of thiophene rings is 1. The molecule has 1 unspecified atom stereocenters. The van der Waals surface area contributed by atoms with E-state index in [1.54, 1.807) is 0 Å². The van der Waals surface area contributed by atoms with Crippen LogP contribution >= 0.6 is 35.3 Å². The van der Waals surface area contributed by atoms with Gasteiger partial charge in [-0.15, -0.1) is 35.3 Å². The fourth-order valence-electron chi connectivity index (χ4n) is 3.91. The molecular formula is C22H41IN4OS. The van der Waals surface area contributed by atoms with Gasteiger partial charge in [-0.05, 0) is 74.9 Å². The summed E-state index contributed by atoms with van der Waals surface area (Å²) in [7, 11) is 0.